The van der Waals surface area contributed by atoms with Crippen LogP contribution in [0.3, 0.4) is 0 Å². The number of aromatic nitrogens is 2. The number of rotatable bonds is 2. The van der Waals surface area contributed by atoms with Crippen LogP contribution in [0.5, 0.6) is 0 Å². The molecule has 1 aromatic heterocycles. The van der Waals surface area contributed by atoms with E-state index >= 15 is 0 Å². The highest BCUT2D eigenvalue weighted by atomic mass is 35.5. The van der Waals surface area contributed by atoms with Gasteiger partial charge in [0.1, 0.15) is 0 Å². The second-order valence-corrected chi connectivity index (χ2v) is 6.46. The zero-order valence-corrected chi connectivity index (χ0v) is 13.7. The van der Waals surface area contributed by atoms with Crippen LogP contribution < -0.4 is 0 Å². The predicted molar refractivity (Wildman–Crippen MR) is 88.0 cm³/mol. The van der Waals surface area contributed by atoms with E-state index in [-0.39, 0.29) is 5.91 Å². The van der Waals surface area contributed by atoms with E-state index in [0.29, 0.717) is 16.6 Å². The van der Waals surface area contributed by atoms with Gasteiger partial charge in [0, 0.05) is 25.2 Å². The molecule has 0 atom stereocenters. The van der Waals surface area contributed by atoms with Crippen molar-refractivity contribution in [3.63, 3.8) is 0 Å². The summed E-state index contributed by atoms with van der Waals surface area (Å²) in [5, 5.41) is 5.09. The van der Waals surface area contributed by atoms with Gasteiger partial charge in [-0.05, 0) is 42.5 Å². The molecule has 0 aliphatic carbocycles. The maximum Gasteiger partial charge on any atom is 0.274 e. The normalized spacial score (nSPS) is 16.0. The van der Waals surface area contributed by atoms with E-state index in [0.717, 1.165) is 37.2 Å². The first kappa shape index (κ1) is 15.1. The van der Waals surface area contributed by atoms with E-state index < -0.39 is 0 Å². The molecule has 1 amide bonds. The van der Waals surface area contributed by atoms with Crippen molar-refractivity contribution in [2.45, 2.75) is 19.8 Å². The molecule has 0 unspecified atom stereocenters. The van der Waals surface area contributed by atoms with Crippen LogP contribution in [0.25, 0.3) is 11.3 Å². The Kier molecular flexibility index (Phi) is 4.21. The lowest BCUT2D eigenvalue weighted by Crippen LogP contribution is -2.38. The number of likely N-dealkylation sites (tertiary alicyclic amines) is 1. The minimum Gasteiger partial charge on any atom is -0.337 e. The molecule has 22 heavy (non-hydrogen) atoms. The van der Waals surface area contributed by atoms with E-state index in [4.69, 9.17) is 11.6 Å². The Morgan fingerprint density at radius 3 is 2.50 bits per heavy atom. The fourth-order valence-electron chi connectivity index (χ4n) is 2.84. The summed E-state index contributed by atoms with van der Waals surface area (Å²) in [7, 11) is 1.86. The van der Waals surface area contributed by atoms with Crippen molar-refractivity contribution in [2.75, 3.05) is 13.1 Å². The lowest BCUT2D eigenvalue weighted by molar-refractivity contribution is 0.0690. The van der Waals surface area contributed by atoms with Crippen LogP contribution in [0.4, 0.5) is 0 Å². The van der Waals surface area contributed by atoms with Crippen molar-refractivity contribution in [1.29, 1.82) is 0 Å². The number of benzene rings is 1. The fourth-order valence-corrected chi connectivity index (χ4v) is 2.96. The average Bonchev–Trinajstić information content (AvgIpc) is 2.90. The number of hydrogen-bond acceptors (Lipinski definition) is 2. The maximum atomic E-state index is 12.6. The Morgan fingerprint density at radius 2 is 1.86 bits per heavy atom. The predicted octanol–water partition coefficient (Wildman–Crippen LogP) is 3.61. The van der Waals surface area contributed by atoms with Gasteiger partial charge in [0.15, 0.2) is 5.69 Å². The second kappa shape index (κ2) is 6.13. The summed E-state index contributed by atoms with van der Waals surface area (Å²) in [5.74, 6) is 0.736. The Morgan fingerprint density at radius 1 is 1.23 bits per heavy atom. The molecule has 0 spiro atoms. The van der Waals surface area contributed by atoms with Gasteiger partial charge in [0.25, 0.3) is 5.91 Å². The van der Waals surface area contributed by atoms with Gasteiger partial charge in [-0.1, -0.05) is 30.7 Å². The molecule has 3 rings (SSSR count). The molecule has 5 heteroatoms. The quantitative estimate of drug-likeness (QED) is 0.848. The van der Waals surface area contributed by atoms with Crippen LogP contribution in [0.15, 0.2) is 30.3 Å². The molecule has 0 saturated carbocycles. The SMILES string of the molecule is CC1CCN(C(=O)c2cc(-c3ccc(Cl)cc3)n(C)n2)CC1. The van der Waals surface area contributed by atoms with Crippen molar-refractivity contribution in [1.82, 2.24) is 14.7 Å². The molecule has 1 aliphatic rings. The molecule has 2 aromatic rings. The van der Waals surface area contributed by atoms with Crippen molar-refractivity contribution in [3.05, 3.63) is 41.0 Å². The van der Waals surface area contributed by atoms with Gasteiger partial charge >= 0.3 is 0 Å². The Balaban J connectivity index is 1.82. The van der Waals surface area contributed by atoms with Crippen LogP contribution in [0, 0.1) is 5.92 Å². The molecule has 0 radical (unpaired) electrons. The Labute approximate surface area is 135 Å². The maximum absolute atomic E-state index is 12.6. The molecule has 4 nitrogen and oxygen atoms in total. The summed E-state index contributed by atoms with van der Waals surface area (Å²) < 4.78 is 1.75. The van der Waals surface area contributed by atoms with Crippen molar-refractivity contribution < 1.29 is 4.79 Å². The van der Waals surface area contributed by atoms with E-state index in [1.54, 1.807) is 4.68 Å². The van der Waals surface area contributed by atoms with E-state index in [1.165, 1.54) is 0 Å². The molecule has 0 bridgehead atoms. The average molecular weight is 318 g/mol. The number of amides is 1. The van der Waals surface area contributed by atoms with E-state index in [9.17, 15) is 4.79 Å². The standard InChI is InChI=1S/C17H20ClN3O/c1-12-7-9-21(10-8-12)17(22)15-11-16(20(2)19-15)13-3-5-14(18)6-4-13/h3-6,11-12H,7-10H2,1-2H3. The molecule has 1 fully saturated rings. The third-order valence-corrected chi connectivity index (χ3v) is 4.56. The zero-order chi connectivity index (χ0) is 15.7. The highest BCUT2D eigenvalue weighted by Gasteiger charge is 2.24. The number of aryl methyl sites for hydroxylation is 1. The number of carbonyl (C=O) groups excluding carboxylic acids is 1. The van der Waals surface area contributed by atoms with Crippen LogP contribution in [0.2, 0.25) is 5.02 Å². The van der Waals surface area contributed by atoms with Crippen molar-refractivity contribution in [2.24, 2.45) is 13.0 Å². The minimum absolute atomic E-state index is 0.0303. The van der Waals surface area contributed by atoms with Crippen molar-refractivity contribution >= 4 is 17.5 Å². The van der Waals surface area contributed by atoms with Crippen LogP contribution in [-0.2, 0) is 7.05 Å². The number of hydrogen-bond donors (Lipinski definition) is 0. The molecule has 0 N–H and O–H groups in total. The van der Waals surface area contributed by atoms with Gasteiger partial charge in [-0.2, -0.15) is 5.10 Å². The fraction of sp³-hybridized carbons (Fsp3) is 0.412. The summed E-state index contributed by atoms with van der Waals surface area (Å²) in [6.07, 6.45) is 2.14. The number of piperidine rings is 1. The lowest BCUT2D eigenvalue weighted by atomic mass is 9.99. The lowest BCUT2D eigenvalue weighted by Gasteiger charge is -2.29. The monoisotopic (exact) mass is 317 g/mol. The Hall–Kier alpha value is -1.81. The van der Waals surface area contributed by atoms with Gasteiger partial charge in [-0.3, -0.25) is 9.48 Å². The van der Waals surface area contributed by atoms with Gasteiger partial charge in [0.05, 0.1) is 5.69 Å². The van der Waals surface area contributed by atoms with E-state index in [2.05, 4.69) is 12.0 Å². The van der Waals surface area contributed by atoms with Gasteiger partial charge < -0.3 is 4.90 Å². The topological polar surface area (TPSA) is 38.1 Å². The number of nitrogens with zero attached hydrogens (tertiary/aromatic N) is 3. The highest BCUT2D eigenvalue weighted by Crippen LogP contribution is 2.23. The third-order valence-electron chi connectivity index (χ3n) is 4.31. The molecule has 1 aromatic carbocycles. The zero-order valence-electron chi connectivity index (χ0n) is 12.9. The molecular formula is C17H20ClN3O. The summed E-state index contributed by atoms with van der Waals surface area (Å²) >= 11 is 5.92. The summed E-state index contributed by atoms with van der Waals surface area (Å²) in [6, 6.07) is 9.44. The second-order valence-electron chi connectivity index (χ2n) is 6.02. The molecule has 1 saturated heterocycles. The van der Waals surface area contributed by atoms with Gasteiger partial charge in [-0.15, -0.1) is 0 Å². The molecule has 116 valence electrons. The first-order chi connectivity index (χ1) is 10.5. The molecule has 2 heterocycles. The Bertz CT molecular complexity index is 670. The molecule has 1 aliphatic heterocycles. The smallest absolute Gasteiger partial charge is 0.274 e. The largest absolute Gasteiger partial charge is 0.337 e. The van der Waals surface area contributed by atoms with E-state index in [1.807, 2.05) is 42.3 Å². The van der Waals surface area contributed by atoms with Crippen molar-refractivity contribution in [3.8, 4) is 11.3 Å². The molecular weight excluding hydrogens is 298 g/mol. The van der Waals surface area contributed by atoms with Crippen LogP contribution in [-0.4, -0.2) is 33.7 Å². The summed E-state index contributed by atoms with van der Waals surface area (Å²) in [6.45, 7) is 3.89. The minimum atomic E-state index is 0.0303. The third kappa shape index (κ3) is 3.02. The van der Waals surface area contributed by atoms with Gasteiger partial charge in [-0.25, -0.2) is 0 Å². The first-order valence-electron chi connectivity index (χ1n) is 7.64. The number of halogens is 1. The van der Waals surface area contributed by atoms with Crippen LogP contribution >= 0.6 is 11.6 Å². The van der Waals surface area contributed by atoms with Gasteiger partial charge in [0.2, 0.25) is 0 Å². The first-order valence-corrected chi connectivity index (χ1v) is 8.01. The highest BCUT2D eigenvalue weighted by molar-refractivity contribution is 6.30. The summed E-state index contributed by atoms with van der Waals surface area (Å²) in [5.41, 5.74) is 2.44. The van der Waals surface area contributed by atoms with Crippen LogP contribution in [0.1, 0.15) is 30.3 Å². The summed E-state index contributed by atoms with van der Waals surface area (Å²) in [4.78, 5) is 14.5. The number of carbonyl (C=O) groups is 1.